The number of aliphatic imine (C=N–C) groups is 1. The third-order valence-corrected chi connectivity index (χ3v) is 3.41. The lowest BCUT2D eigenvalue weighted by atomic mass is 10.2. The van der Waals surface area contributed by atoms with Gasteiger partial charge in [-0.25, -0.2) is 4.79 Å². The van der Waals surface area contributed by atoms with Gasteiger partial charge in [0.2, 0.25) is 0 Å². The van der Waals surface area contributed by atoms with Gasteiger partial charge in [0.1, 0.15) is 5.60 Å². The molecule has 0 aromatic carbocycles. The van der Waals surface area contributed by atoms with Crippen LogP contribution in [0.15, 0.2) is 23.3 Å². The number of guanidine groups is 1. The lowest BCUT2D eigenvalue weighted by Crippen LogP contribution is -2.39. The Bertz CT molecular complexity index is 560. The summed E-state index contributed by atoms with van der Waals surface area (Å²) in [5.41, 5.74) is 0.750. The summed E-state index contributed by atoms with van der Waals surface area (Å²) >= 11 is 0. The minimum absolute atomic E-state index is 0.385. The van der Waals surface area contributed by atoms with E-state index in [0.29, 0.717) is 13.1 Å². The van der Waals surface area contributed by atoms with E-state index in [4.69, 9.17) is 4.74 Å². The number of carbonyl (C=O) groups is 1. The van der Waals surface area contributed by atoms with Gasteiger partial charge < -0.3 is 24.8 Å². The van der Waals surface area contributed by atoms with Crippen LogP contribution in [0.1, 0.15) is 39.8 Å². The van der Waals surface area contributed by atoms with Crippen molar-refractivity contribution in [3.63, 3.8) is 0 Å². The first-order valence-corrected chi connectivity index (χ1v) is 8.79. The highest BCUT2D eigenvalue weighted by Crippen LogP contribution is 2.06. The number of hydrogen-bond donors (Lipinski definition) is 2. The Morgan fingerprint density at radius 3 is 2.64 bits per heavy atom. The predicted octanol–water partition coefficient (Wildman–Crippen LogP) is 2.34. The minimum atomic E-state index is -0.472. The monoisotopic (exact) mass is 351 g/mol. The molecular weight excluding hydrogens is 318 g/mol. The van der Waals surface area contributed by atoms with Crippen LogP contribution < -0.4 is 10.6 Å². The van der Waals surface area contributed by atoms with Crippen molar-refractivity contribution in [3.8, 4) is 0 Å². The maximum absolute atomic E-state index is 11.6. The van der Waals surface area contributed by atoms with Crippen molar-refractivity contribution in [2.45, 2.75) is 46.3 Å². The van der Waals surface area contributed by atoms with Crippen LogP contribution in [0.25, 0.3) is 0 Å². The van der Waals surface area contributed by atoms with Gasteiger partial charge in [-0.05, 0) is 46.2 Å². The smallest absolute Gasteiger partial charge is 0.407 e. The maximum atomic E-state index is 11.6. The standard InChI is InChI=1S/C18H33N5O2/c1-7-19-16(23(6)14-15-10-8-13-22(15)5)20-11-9-12-21-17(24)25-18(2,3)4/h8,10,13H,7,9,11-12,14H2,1-6H3,(H,19,20)(H,21,24). The fourth-order valence-electron chi connectivity index (χ4n) is 2.22. The summed E-state index contributed by atoms with van der Waals surface area (Å²) in [6, 6.07) is 4.14. The molecule has 1 aromatic heterocycles. The van der Waals surface area contributed by atoms with E-state index in [0.717, 1.165) is 25.5 Å². The molecule has 7 heteroatoms. The number of hydrogen-bond acceptors (Lipinski definition) is 3. The van der Waals surface area contributed by atoms with Gasteiger partial charge in [-0.1, -0.05) is 0 Å². The molecule has 2 N–H and O–H groups in total. The molecule has 0 aliphatic rings. The molecule has 0 radical (unpaired) electrons. The fourth-order valence-corrected chi connectivity index (χ4v) is 2.22. The highest BCUT2D eigenvalue weighted by Gasteiger charge is 2.15. The van der Waals surface area contributed by atoms with Gasteiger partial charge in [0.25, 0.3) is 0 Å². The Morgan fingerprint density at radius 2 is 2.08 bits per heavy atom. The number of aryl methyl sites for hydroxylation is 1. The third kappa shape index (κ3) is 8.47. The molecule has 0 spiro atoms. The lowest BCUT2D eigenvalue weighted by Gasteiger charge is -2.22. The second-order valence-electron chi connectivity index (χ2n) is 6.98. The number of amides is 1. The molecule has 0 aliphatic heterocycles. The van der Waals surface area contributed by atoms with E-state index in [1.54, 1.807) is 0 Å². The number of carbonyl (C=O) groups excluding carboxylic acids is 1. The molecule has 0 saturated heterocycles. The zero-order valence-corrected chi connectivity index (χ0v) is 16.4. The van der Waals surface area contributed by atoms with E-state index in [9.17, 15) is 4.79 Å². The minimum Gasteiger partial charge on any atom is -0.444 e. The number of ether oxygens (including phenoxy) is 1. The lowest BCUT2D eigenvalue weighted by molar-refractivity contribution is 0.0527. The van der Waals surface area contributed by atoms with Gasteiger partial charge in [0, 0.05) is 45.6 Å². The summed E-state index contributed by atoms with van der Waals surface area (Å²) in [6.45, 7) is 10.4. The predicted molar refractivity (Wildman–Crippen MR) is 102 cm³/mol. The molecular formula is C18H33N5O2. The van der Waals surface area contributed by atoms with Crippen molar-refractivity contribution < 1.29 is 9.53 Å². The summed E-state index contributed by atoms with van der Waals surface area (Å²) in [7, 11) is 4.06. The molecule has 0 unspecified atom stereocenters. The highest BCUT2D eigenvalue weighted by atomic mass is 16.6. The molecule has 0 atom stereocenters. The molecule has 1 heterocycles. The topological polar surface area (TPSA) is 70.9 Å². The molecule has 7 nitrogen and oxygen atoms in total. The Hall–Kier alpha value is -2.18. The Morgan fingerprint density at radius 1 is 1.36 bits per heavy atom. The van der Waals surface area contributed by atoms with E-state index in [1.807, 2.05) is 47.1 Å². The van der Waals surface area contributed by atoms with E-state index in [-0.39, 0.29) is 6.09 Å². The van der Waals surface area contributed by atoms with Crippen LogP contribution in [0.3, 0.4) is 0 Å². The number of rotatable bonds is 7. The molecule has 25 heavy (non-hydrogen) atoms. The Balaban J connectivity index is 2.42. The normalized spacial score (nSPS) is 12.0. The zero-order valence-electron chi connectivity index (χ0n) is 16.4. The number of nitrogens with one attached hydrogen (secondary N) is 2. The van der Waals surface area contributed by atoms with Gasteiger partial charge in [-0.2, -0.15) is 0 Å². The summed E-state index contributed by atoms with van der Waals surface area (Å²) < 4.78 is 7.31. The molecule has 0 saturated carbocycles. The van der Waals surface area contributed by atoms with Crippen molar-refractivity contribution in [2.75, 3.05) is 26.7 Å². The number of nitrogens with zero attached hydrogens (tertiary/aromatic N) is 3. The van der Waals surface area contributed by atoms with Gasteiger partial charge in [-0.15, -0.1) is 0 Å². The molecule has 0 fully saturated rings. The fraction of sp³-hybridized carbons (Fsp3) is 0.667. The van der Waals surface area contributed by atoms with Crippen molar-refractivity contribution in [2.24, 2.45) is 12.0 Å². The molecule has 0 aliphatic carbocycles. The summed E-state index contributed by atoms with van der Waals surface area (Å²) in [5, 5.41) is 6.05. The molecule has 1 aromatic rings. The average Bonchev–Trinajstić information content (AvgIpc) is 2.89. The Kier molecular flexibility index (Phi) is 8.31. The van der Waals surface area contributed by atoms with Crippen LogP contribution in [0.5, 0.6) is 0 Å². The van der Waals surface area contributed by atoms with Crippen LogP contribution in [0.2, 0.25) is 0 Å². The summed E-state index contributed by atoms with van der Waals surface area (Å²) in [6.07, 6.45) is 2.41. The quantitative estimate of drug-likeness (QED) is 0.449. The van der Waals surface area contributed by atoms with Gasteiger partial charge in [0.15, 0.2) is 5.96 Å². The SMILES string of the molecule is CCNC(=NCCCNC(=O)OC(C)(C)C)N(C)Cc1cccn1C. The highest BCUT2D eigenvalue weighted by molar-refractivity contribution is 5.79. The third-order valence-electron chi connectivity index (χ3n) is 3.41. The second kappa shape index (κ2) is 9.96. The first kappa shape index (κ1) is 20.9. The van der Waals surface area contributed by atoms with Crippen LogP contribution in [0, 0.1) is 0 Å². The van der Waals surface area contributed by atoms with Crippen LogP contribution in [-0.4, -0.2) is 53.8 Å². The van der Waals surface area contributed by atoms with E-state index in [2.05, 4.69) is 38.1 Å². The Labute approximate surface area is 151 Å². The van der Waals surface area contributed by atoms with E-state index >= 15 is 0 Å². The van der Waals surface area contributed by atoms with Crippen LogP contribution >= 0.6 is 0 Å². The maximum Gasteiger partial charge on any atom is 0.407 e. The van der Waals surface area contributed by atoms with Gasteiger partial charge >= 0.3 is 6.09 Å². The first-order valence-electron chi connectivity index (χ1n) is 8.79. The molecule has 1 amide bonds. The number of alkyl carbamates (subject to hydrolysis) is 1. The number of aromatic nitrogens is 1. The van der Waals surface area contributed by atoms with Crippen LogP contribution in [0.4, 0.5) is 4.79 Å². The van der Waals surface area contributed by atoms with Crippen molar-refractivity contribution >= 4 is 12.1 Å². The molecule has 0 bridgehead atoms. The van der Waals surface area contributed by atoms with Gasteiger partial charge in [0.05, 0.1) is 6.54 Å². The van der Waals surface area contributed by atoms with E-state index < -0.39 is 5.60 Å². The largest absolute Gasteiger partial charge is 0.444 e. The summed E-state index contributed by atoms with van der Waals surface area (Å²) in [5.74, 6) is 0.862. The summed E-state index contributed by atoms with van der Waals surface area (Å²) in [4.78, 5) is 18.3. The first-order chi connectivity index (χ1) is 11.7. The zero-order chi connectivity index (χ0) is 18.9. The van der Waals surface area contributed by atoms with Crippen molar-refractivity contribution in [1.29, 1.82) is 0 Å². The second-order valence-corrected chi connectivity index (χ2v) is 6.98. The van der Waals surface area contributed by atoms with E-state index in [1.165, 1.54) is 5.69 Å². The molecule has 1 rings (SSSR count). The average molecular weight is 351 g/mol. The molecule has 142 valence electrons. The van der Waals surface area contributed by atoms with Crippen molar-refractivity contribution in [3.05, 3.63) is 24.0 Å². The van der Waals surface area contributed by atoms with Gasteiger partial charge in [-0.3, -0.25) is 4.99 Å². The van der Waals surface area contributed by atoms with Crippen molar-refractivity contribution in [1.82, 2.24) is 20.1 Å². The van der Waals surface area contributed by atoms with Crippen LogP contribution in [-0.2, 0) is 18.3 Å².